The van der Waals surface area contributed by atoms with Crippen molar-refractivity contribution in [1.82, 2.24) is 4.90 Å². The number of piperidine rings is 1. The van der Waals surface area contributed by atoms with E-state index in [4.69, 9.17) is 0 Å². The van der Waals surface area contributed by atoms with E-state index in [0.717, 1.165) is 19.4 Å². The Kier molecular flexibility index (Phi) is 3.36. The molecule has 1 unspecified atom stereocenters. The average Bonchev–Trinajstić information content (AvgIpc) is 2.07. The summed E-state index contributed by atoms with van der Waals surface area (Å²) in [6.45, 7) is 9.35. The van der Waals surface area contributed by atoms with Gasteiger partial charge in [0.1, 0.15) is 5.78 Å². The van der Waals surface area contributed by atoms with E-state index in [1.54, 1.807) is 0 Å². The van der Waals surface area contributed by atoms with E-state index >= 15 is 0 Å². The lowest BCUT2D eigenvalue weighted by Crippen LogP contribution is -2.42. The number of ketones is 1. The smallest absolute Gasteiger partial charge is 0.141 e. The van der Waals surface area contributed by atoms with E-state index in [1.807, 2.05) is 20.8 Å². The molecular formula is C12H23NO. The third kappa shape index (κ3) is 2.57. The molecule has 0 amide bonds. The number of hydrogen-bond acceptors (Lipinski definition) is 2. The second-order valence-electron chi connectivity index (χ2n) is 5.67. The molecule has 1 fully saturated rings. The Morgan fingerprint density at radius 3 is 2.36 bits per heavy atom. The fraction of sp³-hybridized carbons (Fsp3) is 0.917. The summed E-state index contributed by atoms with van der Waals surface area (Å²) >= 11 is 0. The predicted molar refractivity (Wildman–Crippen MR) is 59.3 cm³/mol. The number of likely N-dealkylation sites (tertiary alicyclic amines) is 1. The maximum atomic E-state index is 12.1. The molecule has 0 aromatic rings. The molecule has 1 aliphatic heterocycles. The van der Waals surface area contributed by atoms with Crippen LogP contribution in [0.4, 0.5) is 0 Å². The molecule has 0 aromatic carbocycles. The minimum atomic E-state index is -0.166. The number of carbonyl (C=O) groups excluding carboxylic acids is 1. The van der Waals surface area contributed by atoms with E-state index in [2.05, 4.69) is 18.9 Å². The quantitative estimate of drug-likeness (QED) is 0.643. The molecule has 82 valence electrons. The first-order valence-electron chi connectivity index (χ1n) is 5.57. The number of Topliss-reactive ketones (excluding diaryl/α,β-unsaturated/α-hetero) is 1. The normalized spacial score (nSPS) is 30.4. The van der Waals surface area contributed by atoms with Crippen molar-refractivity contribution in [3.8, 4) is 0 Å². The van der Waals surface area contributed by atoms with Crippen LogP contribution in [0, 0.1) is 11.3 Å². The van der Waals surface area contributed by atoms with Crippen LogP contribution < -0.4 is 0 Å². The van der Waals surface area contributed by atoms with Gasteiger partial charge in [-0.1, -0.05) is 20.8 Å². The number of carbonyl (C=O) groups is 1. The van der Waals surface area contributed by atoms with Crippen LogP contribution in [0.1, 0.15) is 40.5 Å². The van der Waals surface area contributed by atoms with Gasteiger partial charge in [-0.15, -0.1) is 0 Å². The molecule has 0 N–H and O–H groups in total. The summed E-state index contributed by atoms with van der Waals surface area (Å²) < 4.78 is 0. The van der Waals surface area contributed by atoms with E-state index in [-0.39, 0.29) is 5.41 Å². The van der Waals surface area contributed by atoms with Gasteiger partial charge in [0.2, 0.25) is 0 Å². The van der Waals surface area contributed by atoms with Gasteiger partial charge in [0.25, 0.3) is 0 Å². The summed E-state index contributed by atoms with van der Waals surface area (Å²) in [7, 11) is 2.14. The number of rotatable bonds is 1. The Balaban J connectivity index is 2.59. The second kappa shape index (κ2) is 4.01. The Morgan fingerprint density at radius 2 is 1.93 bits per heavy atom. The summed E-state index contributed by atoms with van der Waals surface area (Å²) in [5.41, 5.74) is -0.166. The van der Waals surface area contributed by atoms with Crippen LogP contribution in [0.25, 0.3) is 0 Å². The number of hydrogen-bond donors (Lipinski definition) is 0. The minimum absolute atomic E-state index is 0.166. The number of nitrogens with zero attached hydrogens (tertiary/aromatic N) is 1. The average molecular weight is 197 g/mol. The van der Waals surface area contributed by atoms with Gasteiger partial charge in [0.05, 0.1) is 0 Å². The van der Waals surface area contributed by atoms with Crippen molar-refractivity contribution in [3.05, 3.63) is 0 Å². The van der Waals surface area contributed by atoms with Gasteiger partial charge >= 0.3 is 0 Å². The van der Waals surface area contributed by atoms with E-state index in [1.165, 1.54) is 0 Å². The predicted octanol–water partition coefficient (Wildman–Crippen LogP) is 2.33. The van der Waals surface area contributed by atoms with Crippen LogP contribution in [0.2, 0.25) is 0 Å². The third-order valence-electron chi connectivity index (χ3n) is 3.32. The van der Waals surface area contributed by atoms with Crippen molar-refractivity contribution in [2.75, 3.05) is 13.6 Å². The molecule has 14 heavy (non-hydrogen) atoms. The van der Waals surface area contributed by atoms with Crippen molar-refractivity contribution >= 4 is 5.78 Å². The molecule has 0 bridgehead atoms. The highest BCUT2D eigenvalue weighted by molar-refractivity contribution is 5.86. The molecule has 2 heteroatoms. The van der Waals surface area contributed by atoms with Gasteiger partial charge in [-0.3, -0.25) is 4.79 Å². The Morgan fingerprint density at radius 1 is 1.36 bits per heavy atom. The fourth-order valence-corrected chi connectivity index (χ4v) is 2.14. The van der Waals surface area contributed by atoms with Gasteiger partial charge in [-0.2, -0.15) is 0 Å². The van der Waals surface area contributed by atoms with E-state index in [0.29, 0.717) is 17.7 Å². The first-order valence-corrected chi connectivity index (χ1v) is 5.57. The zero-order chi connectivity index (χ0) is 10.9. The molecule has 0 saturated carbocycles. The zero-order valence-corrected chi connectivity index (χ0v) is 10.1. The minimum Gasteiger partial charge on any atom is -0.304 e. The highest BCUT2D eigenvalue weighted by Gasteiger charge is 2.33. The van der Waals surface area contributed by atoms with Crippen molar-refractivity contribution < 1.29 is 4.79 Å². The fourth-order valence-electron chi connectivity index (χ4n) is 2.14. The molecule has 1 rings (SSSR count). The van der Waals surface area contributed by atoms with Crippen LogP contribution in [0.5, 0.6) is 0 Å². The molecule has 0 aromatic heterocycles. The summed E-state index contributed by atoms with van der Waals surface area (Å²) in [6, 6.07) is 0.556. The van der Waals surface area contributed by atoms with E-state index in [9.17, 15) is 4.79 Å². The molecule has 2 nitrogen and oxygen atoms in total. The van der Waals surface area contributed by atoms with Crippen LogP contribution in [0.15, 0.2) is 0 Å². The maximum Gasteiger partial charge on any atom is 0.141 e. The molecular weight excluding hydrogens is 174 g/mol. The van der Waals surface area contributed by atoms with Crippen LogP contribution in [-0.2, 0) is 4.79 Å². The van der Waals surface area contributed by atoms with Crippen molar-refractivity contribution in [2.24, 2.45) is 11.3 Å². The summed E-state index contributed by atoms with van der Waals surface area (Å²) in [5.74, 6) is 0.735. The van der Waals surface area contributed by atoms with Gasteiger partial charge < -0.3 is 4.90 Å². The molecule has 0 radical (unpaired) electrons. The van der Waals surface area contributed by atoms with Gasteiger partial charge in [-0.25, -0.2) is 0 Å². The molecule has 0 spiro atoms. The first kappa shape index (κ1) is 11.7. The molecule has 1 aliphatic rings. The van der Waals surface area contributed by atoms with Crippen LogP contribution in [-0.4, -0.2) is 30.3 Å². The Bertz CT molecular complexity index is 217. The largest absolute Gasteiger partial charge is 0.304 e. The van der Waals surface area contributed by atoms with Crippen LogP contribution in [0.3, 0.4) is 0 Å². The second-order valence-corrected chi connectivity index (χ2v) is 5.67. The maximum absolute atomic E-state index is 12.1. The highest BCUT2D eigenvalue weighted by Crippen LogP contribution is 2.29. The first-order chi connectivity index (χ1) is 6.32. The highest BCUT2D eigenvalue weighted by atomic mass is 16.1. The molecule has 0 aliphatic carbocycles. The molecule has 1 heterocycles. The monoisotopic (exact) mass is 197 g/mol. The molecule has 2 atom stereocenters. The standard InChI is InChI=1S/C12H23NO/c1-9-8-10(6-7-13(9)5)11(14)12(2,3)4/h9-10H,6-8H2,1-5H3/t9?,10-/m0/s1. The van der Waals surface area contributed by atoms with Crippen molar-refractivity contribution in [2.45, 2.75) is 46.6 Å². The van der Waals surface area contributed by atoms with E-state index < -0.39 is 0 Å². The lowest BCUT2D eigenvalue weighted by atomic mass is 9.77. The van der Waals surface area contributed by atoms with Gasteiger partial charge in [0.15, 0.2) is 0 Å². The lowest BCUT2D eigenvalue weighted by Gasteiger charge is -2.36. The summed E-state index contributed by atoms with van der Waals surface area (Å²) in [6.07, 6.45) is 2.07. The third-order valence-corrected chi connectivity index (χ3v) is 3.32. The Labute approximate surface area is 87.7 Å². The van der Waals surface area contributed by atoms with Crippen LogP contribution >= 0.6 is 0 Å². The van der Waals surface area contributed by atoms with Gasteiger partial charge in [0, 0.05) is 17.4 Å². The zero-order valence-electron chi connectivity index (χ0n) is 10.1. The van der Waals surface area contributed by atoms with Crippen molar-refractivity contribution in [1.29, 1.82) is 0 Å². The summed E-state index contributed by atoms with van der Waals surface area (Å²) in [5, 5.41) is 0. The van der Waals surface area contributed by atoms with Crippen molar-refractivity contribution in [3.63, 3.8) is 0 Å². The summed E-state index contributed by atoms with van der Waals surface area (Å²) in [4.78, 5) is 14.4. The lowest BCUT2D eigenvalue weighted by molar-refractivity contribution is -0.132. The SMILES string of the molecule is CC1C[C@@H](C(=O)C(C)(C)C)CCN1C. The topological polar surface area (TPSA) is 20.3 Å². The Hall–Kier alpha value is -0.370. The van der Waals surface area contributed by atoms with Gasteiger partial charge in [-0.05, 0) is 33.4 Å². The molecule has 1 saturated heterocycles.